The highest BCUT2D eigenvalue weighted by Crippen LogP contribution is 2.58. The maximum Gasteiger partial charge on any atom is 0.254 e. The first-order valence-corrected chi connectivity index (χ1v) is 10.3. The van der Waals surface area contributed by atoms with Crippen molar-refractivity contribution in [1.29, 1.82) is 0 Å². The largest absolute Gasteiger partial charge is 0.365 e. The summed E-state index contributed by atoms with van der Waals surface area (Å²) >= 11 is 0. The molecule has 4 nitrogen and oxygen atoms in total. The third-order valence-electron chi connectivity index (χ3n) is 6.69. The smallest absolute Gasteiger partial charge is 0.254 e. The summed E-state index contributed by atoms with van der Waals surface area (Å²) in [6.45, 7) is 13.7. The first-order valence-electron chi connectivity index (χ1n) is 10.3. The summed E-state index contributed by atoms with van der Waals surface area (Å²) in [5.74, 6) is 2.72. The average molecular weight is 378 g/mol. The van der Waals surface area contributed by atoms with Crippen LogP contribution in [0.15, 0.2) is 57.9 Å². The van der Waals surface area contributed by atoms with Gasteiger partial charge >= 0.3 is 0 Å². The number of aliphatic imine (C=N–C) groups is 1. The summed E-state index contributed by atoms with van der Waals surface area (Å²) in [7, 11) is 0. The van der Waals surface area contributed by atoms with Crippen LogP contribution in [0.1, 0.15) is 52.0 Å². The van der Waals surface area contributed by atoms with E-state index in [0.29, 0.717) is 17.8 Å². The van der Waals surface area contributed by atoms with Gasteiger partial charge in [0.1, 0.15) is 5.82 Å². The number of nitrogens with one attached hydrogen (secondary N) is 1. The van der Waals surface area contributed by atoms with Gasteiger partial charge in [-0.05, 0) is 70.6 Å². The van der Waals surface area contributed by atoms with Gasteiger partial charge in [-0.15, -0.1) is 0 Å². The number of hydrogen-bond acceptors (Lipinski definition) is 3. The van der Waals surface area contributed by atoms with E-state index >= 15 is 0 Å². The molecular weight excluding hydrogens is 346 g/mol. The lowest BCUT2D eigenvalue weighted by atomic mass is 10.00. The van der Waals surface area contributed by atoms with Crippen LogP contribution < -0.4 is 5.32 Å². The number of hydrogen-bond donors (Lipinski definition) is 1. The molecule has 28 heavy (non-hydrogen) atoms. The van der Waals surface area contributed by atoms with Crippen molar-refractivity contribution < 1.29 is 4.79 Å². The lowest BCUT2D eigenvalue weighted by Gasteiger charge is -2.24. The van der Waals surface area contributed by atoms with Crippen molar-refractivity contribution in [2.75, 3.05) is 13.1 Å². The van der Waals surface area contributed by atoms with Crippen LogP contribution in [0.3, 0.4) is 0 Å². The SMILES string of the molecule is C=N/C(NC1(C)CC1)=C(\C)C(C(=O)N1C[C@@H]2[C@H](C1)[C@H]2c1ccccc1)=C(C)C. The van der Waals surface area contributed by atoms with Crippen LogP contribution in [-0.4, -0.2) is 36.2 Å². The van der Waals surface area contributed by atoms with E-state index in [1.54, 1.807) is 0 Å². The van der Waals surface area contributed by atoms with Gasteiger partial charge < -0.3 is 10.2 Å². The fourth-order valence-electron chi connectivity index (χ4n) is 4.74. The van der Waals surface area contributed by atoms with Gasteiger partial charge in [0.15, 0.2) is 0 Å². The van der Waals surface area contributed by atoms with E-state index < -0.39 is 0 Å². The molecule has 0 radical (unpaired) electrons. The first-order chi connectivity index (χ1) is 13.3. The lowest BCUT2D eigenvalue weighted by Crippen LogP contribution is -2.34. The normalized spacial score (nSPS) is 27.4. The monoisotopic (exact) mass is 377 g/mol. The summed E-state index contributed by atoms with van der Waals surface area (Å²) in [5.41, 5.74) is 4.26. The van der Waals surface area contributed by atoms with Crippen molar-refractivity contribution in [3.05, 3.63) is 58.4 Å². The number of benzene rings is 1. The van der Waals surface area contributed by atoms with E-state index in [-0.39, 0.29) is 11.4 Å². The van der Waals surface area contributed by atoms with Gasteiger partial charge in [-0.2, -0.15) is 0 Å². The number of rotatable bonds is 6. The fraction of sp³-hybridized carbons (Fsp3) is 0.500. The molecule has 1 aliphatic heterocycles. The minimum atomic E-state index is 0.103. The van der Waals surface area contributed by atoms with Crippen molar-refractivity contribution in [3.8, 4) is 0 Å². The molecule has 2 saturated carbocycles. The molecule has 4 heteroatoms. The highest BCUT2D eigenvalue weighted by Gasteiger charge is 2.57. The molecule has 1 N–H and O–H groups in total. The van der Waals surface area contributed by atoms with Crippen molar-refractivity contribution in [2.45, 2.75) is 52.0 Å². The van der Waals surface area contributed by atoms with Crippen molar-refractivity contribution in [2.24, 2.45) is 16.8 Å². The zero-order valence-corrected chi connectivity index (χ0v) is 17.5. The number of amides is 1. The summed E-state index contributed by atoms with van der Waals surface area (Å²) < 4.78 is 0. The van der Waals surface area contributed by atoms with E-state index in [9.17, 15) is 4.79 Å². The number of carbonyl (C=O) groups excluding carboxylic acids is 1. The fourth-order valence-corrected chi connectivity index (χ4v) is 4.74. The Labute approximate surface area is 168 Å². The van der Waals surface area contributed by atoms with Gasteiger partial charge in [0.05, 0.1) is 0 Å². The zero-order valence-electron chi connectivity index (χ0n) is 17.5. The standard InChI is InChI=1S/C24H31N3O/c1-15(2)20(16(3)22(25-5)26-24(4)11-12-24)23(28)27-13-18-19(14-27)21(18)17-9-7-6-8-10-17/h6-10,18-19,21,26H,5,11-14H2,1-4H3/b22-16-/t18-,19+,21+. The molecule has 3 aliphatic rings. The maximum atomic E-state index is 13.4. The molecule has 1 aromatic rings. The van der Waals surface area contributed by atoms with E-state index in [1.165, 1.54) is 5.56 Å². The van der Waals surface area contributed by atoms with Crippen molar-refractivity contribution >= 4 is 12.6 Å². The molecule has 1 heterocycles. The minimum absolute atomic E-state index is 0.103. The lowest BCUT2D eigenvalue weighted by molar-refractivity contribution is -0.126. The Morgan fingerprint density at radius 1 is 1.14 bits per heavy atom. The van der Waals surface area contributed by atoms with Gasteiger partial charge in [-0.1, -0.05) is 35.9 Å². The summed E-state index contributed by atoms with van der Waals surface area (Å²) in [4.78, 5) is 19.6. The summed E-state index contributed by atoms with van der Waals surface area (Å²) in [6.07, 6.45) is 2.27. The Kier molecular flexibility index (Phi) is 4.68. The van der Waals surface area contributed by atoms with Crippen LogP contribution in [0.25, 0.3) is 0 Å². The van der Waals surface area contributed by atoms with Gasteiger partial charge in [0.25, 0.3) is 5.91 Å². The summed E-state index contributed by atoms with van der Waals surface area (Å²) in [6, 6.07) is 10.7. The number of allylic oxidation sites excluding steroid dienone is 1. The zero-order chi connectivity index (χ0) is 20.1. The van der Waals surface area contributed by atoms with E-state index in [0.717, 1.165) is 48.5 Å². The maximum absolute atomic E-state index is 13.4. The average Bonchev–Trinajstić information content (AvgIpc) is 3.53. The van der Waals surface area contributed by atoms with Crippen molar-refractivity contribution in [1.82, 2.24) is 10.2 Å². The Balaban J connectivity index is 1.49. The molecule has 4 rings (SSSR count). The van der Waals surface area contributed by atoms with Gasteiger partial charge in [-0.3, -0.25) is 4.79 Å². The molecule has 3 atom stereocenters. The number of piperidine rings is 1. The second-order valence-electron chi connectivity index (χ2n) is 9.17. The number of nitrogens with zero attached hydrogens (tertiary/aromatic N) is 2. The van der Waals surface area contributed by atoms with Crippen LogP contribution in [-0.2, 0) is 4.79 Å². The molecule has 0 bridgehead atoms. The Hall–Kier alpha value is -2.36. The minimum Gasteiger partial charge on any atom is -0.365 e. The quantitative estimate of drug-likeness (QED) is 0.457. The number of carbonyl (C=O) groups is 1. The second kappa shape index (κ2) is 6.91. The molecule has 0 unspecified atom stereocenters. The number of likely N-dealkylation sites (tertiary alicyclic amines) is 1. The first kappa shape index (κ1) is 19.0. The van der Waals surface area contributed by atoms with Crippen LogP contribution in [0.5, 0.6) is 0 Å². The van der Waals surface area contributed by atoms with Gasteiger partial charge in [0, 0.05) is 29.8 Å². The van der Waals surface area contributed by atoms with Gasteiger partial charge in [0.2, 0.25) is 0 Å². The van der Waals surface area contributed by atoms with Crippen LogP contribution in [0.4, 0.5) is 0 Å². The molecule has 148 valence electrons. The predicted molar refractivity (Wildman–Crippen MR) is 114 cm³/mol. The van der Waals surface area contributed by atoms with E-state index in [2.05, 4.69) is 54.3 Å². The van der Waals surface area contributed by atoms with Crippen LogP contribution >= 0.6 is 0 Å². The number of fused-ring (bicyclic) bond motifs is 1. The molecule has 1 amide bonds. The highest BCUT2D eigenvalue weighted by atomic mass is 16.2. The molecule has 1 aromatic carbocycles. The highest BCUT2D eigenvalue weighted by molar-refractivity contribution is 5.98. The third-order valence-corrected chi connectivity index (χ3v) is 6.69. The Bertz CT molecular complexity index is 847. The molecule has 0 spiro atoms. The Morgan fingerprint density at radius 3 is 2.25 bits per heavy atom. The van der Waals surface area contributed by atoms with Gasteiger partial charge in [-0.25, -0.2) is 4.99 Å². The molecule has 2 aliphatic carbocycles. The van der Waals surface area contributed by atoms with Crippen LogP contribution in [0, 0.1) is 11.8 Å². The predicted octanol–water partition coefficient (Wildman–Crippen LogP) is 4.27. The van der Waals surface area contributed by atoms with E-state index in [4.69, 9.17) is 0 Å². The molecule has 0 aromatic heterocycles. The molecular formula is C24H31N3O. The molecule has 3 fully saturated rings. The van der Waals surface area contributed by atoms with Crippen LogP contribution in [0.2, 0.25) is 0 Å². The third kappa shape index (κ3) is 3.41. The summed E-state index contributed by atoms with van der Waals surface area (Å²) in [5, 5.41) is 3.49. The Morgan fingerprint density at radius 2 is 1.75 bits per heavy atom. The second-order valence-corrected chi connectivity index (χ2v) is 9.17. The topological polar surface area (TPSA) is 44.7 Å². The van der Waals surface area contributed by atoms with E-state index in [1.807, 2.05) is 25.7 Å². The van der Waals surface area contributed by atoms with Crippen molar-refractivity contribution in [3.63, 3.8) is 0 Å². The molecule has 1 saturated heterocycles.